The van der Waals surface area contributed by atoms with E-state index in [-0.39, 0.29) is 64.4 Å². The zero-order valence-corrected chi connectivity index (χ0v) is 40.3. The number of imide groups is 1. The molecule has 0 aliphatic carbocycles. The average Bonchev–Trinajstić information content (AvgIpc) is 3.77. The first-order chi connectivity index (χ1) is 33.2. The molecule has 0 fully saturated rings. The van der Waals surface area contributed by atoms with Crippen LogP contribution in [-0.4, -0.2) is 75.3 Å². The average molecular weight is 982 g/mol. The smallest absolute Gasteiger partial charge is 0.350 e. The van der Waals surface area contributed by atoms with Crippen LogP contribution in [0.4, 0.5) is 11.4 Å². The summed E-state index contributed by atoms with van der Waals surface area (Å²) in [6, 6.07) is 24.6. The molecule has 0 spiro atoms. The maximum atomic E-state index is 13.6. The number of carbonyl (C=O) groups is 6. The number of halogens is 2. The predicted octanol–water partition coefficient (Wildman–Crippen LogP) is 10.2. The maximum absolute atomic E-state index is 13.6. The summed E-state index contributed by atoms with van der Waals surface area (Å²) >= 11 is 12.3. The van der Waals surface area contributed by atoms with Crippen molar-refractivity contribution in [3.63, 3.8) is 0 Å². The van der Waals surface area contributed by atoms with Crippen LogP contribution in [0.25, 0.3) is 21.5 Å². The summed E-state index contributed by atoms with van der Waals surface area (Å²) < 4.78 is 37.5. The van der Waals surface area contributed by atoms with Crippen molar-refractivity contribution in [3.05, 3.63) is 128 Å². The van der Waals surface area contributed by atoms with Gasteiger partial charge >= 0.3 is 23.9 Å². The summed E-state index contributed by atoms with van der Waals surface area (Å²) in [7, 11) is 0. The van der Waals surface area contributed by atoms with Crippen molar-refractivity contribution in [1.29, 1.82) is 0 Å². The number of nitrogen functional groups attached to an aromatic ring is 1. The number of ether oxygens (including phenoxy) is 7. The van der Waals surface area contributed by atoms with Crippen LogP contribution in [0.2, 0.25) is 10.0 Å². The molecule has 2 aliphatic rings. The molecule has 0 radical (unpaired) electrons. The van der Waals surface area contributed by atoms with E-state index in [9.17, 15) is 28.8 Å². The van der Waals surface area contributed by atoms with E-state index in [1.165, 1.54) is 0 Å². The van der Waals surface area contributed by atoms with E-state index in [1.54, 1.807) is 50.2 Å². The monoisotopic (exact) mass is 980 g/mol. The number of esters is 4. The van der Waals surface area contributed by atoms with Gasteiger partial charge in [-0.2, -0.15) is 0 Å². The number of hydrogen-bond donors (Lipinski definition) is 1. The second-order valence-electron chi connectivity index (χ2n) is 14.9. The number of nitrogens with zero attached hydrogens (tertiary/aromatic N) is 1. The minimum Gasteiger partial charge on any atom is -0.492 e. The fraction of sp³-hybridized carbons (Fsp3) is 0.269. The van der Waals surface area contributed by atoms with Gasteiger partial charge in [0.25, 0.3) is 11.8 Å². The topological polar surface area (TPSA) is 196 Å². The van der Waals surface area contributed by atoms with Gasteiger partial charge in [-0.1, -0.05) is 83.9 Å². The number of amides is 2. The van der Waals surface area contributed by atoms with Crippen molar-refractivity contribution in [2.75, 3.05) is 50.3 Å². The molecule has 17 heteroatoms. The first-order valence-electron chi connectivity index (χ1n) is 22.2. The van der Waals surface area contributed by atoms with Crippen LogP contribution in [0.15, 0.2) is 84.9 Å². The number of fused-ring (bicyclic) bond motifs is 4. The molecular formula is C52H50Cl2N2O13. The van der Waals surface area contributed by atoms with Crippen molar-refractivity contribution in [1.82, 2.24) is 0 Å². The summed E-state index contributed by atoms with van der Waals surface area (Å²) in [4.78, 5) is 75.2. The minimum atomic E-state index is -0.690. The third kappa shape index (κ3) is 10.8. The highest BCUT2D eigenvalue weighted by Crippen LogP contribution is 2.47. The number of rotatable bonds is 15. The van der Waals surface area contributed by atoms with E-state index < -0.39 is 23.8 Å². The standard InChI is InChI=1S/C26H24ClNO6.C16H14O5.C10H12ClNO2/c1-4-32-20(29)14-15-11-12-19(18(27)13-15)28-25(30)21-22(26(28)31)24(34-6-3)17-10-8-7-9-16(17)23(21)33-5-2;1-3-19-13-9-7-5-6-8-10(9)14(20-4-2)12-11(13)15(17)21-16(12)18;1-2-14-10(13)6-7-3-4-9(12)8(11)5-7/h7-13H,4-6,14H2,1-3H3;5-8H,3-4H2,1-2H3;3-5H,2,6,12H2,1H3. The van der Waals surface area contributed by atoms with Crippen molar-refractivity contribution in [2.24, 2.45) is 0 Å². The van der Waals surface area contributed by atoms with Crippen LogP contribution >= 0.6 is 23.2 Å². The summed E-state index contributed by atoms with van der Waals surface area (Å²) in [5.41, 5.74) is 8.30. The van der Waals surface area contributed by atoms with E-state index in [0.29, 0.717) is 83.1 Å². The zero-order chi connectivity index (χ0) is 49.9. The predicted molar refractivity (Wildman–Crippen MR) is 261 cm³/mol. The lowest BCUT2D eigenvalue weighted by molar-refractivity contribution is -0.143. The first-order valence-corrected chi connectivity index (χ1v) is 23.0. The van der Waals surface area contributed by atoms with Gasteiger partial charge in [0, 0.05) is 21.5 Å². The lowest BCUT2D eigenvalue weighted by Gasteiger charge is -2.16. The molecule has 0 atom stereocenters. The van der Waals surface area contributed by atoms with E-state index in [1.807, 2.05) is 76.2 Å². The van der Waals surface area contributed by atoms with Gasteiger partial charge in [0.15, 0.2) is 0 Å². The molecule has 6 aromatic carbocycles. The second-order valence-corrected chi connectivity index (χ2v) is 15.7. The number of carbonyl (C=O) groups excluding carboxylic acids is 6. The second kappa shape index (κ2) is 23.1. The molecule has 2 aliphatic heterocycles. The Morgan fingerprint density at radius 3 is 1.22 bits per heavy atom. The molecule has 0 aromatic heterocycles. The van der Waals surface area contributed by atoms with Gasteiger partial charge in [-0.15, -0.1) is 0 Å². The van der Waals surface area contributed by atoms with Gasteiger partial charge in [-0.25, -0.2) is 14.5 Å². The molecule has 69 heavy (non-hydrogen) atoms. The van der Waals surface area contributed by atoms with Gasteiger partial charge in [0.1, 0.15) is 34.1 Å². The molecule has 2 amide bonds. The number of anilines is 2. The quantitative estimate of drug-likeness (QED) is 0.0335. The van der Waals surface area contributed by atoms with Crippen molar-refractivity contribution >= 4 is 91.8 Å². The Balaban J connectivity index is 0.000000189. The lowest BCUT2D eigenvalue weighted by atomic mass is 9.99. The fourth-order valence-corrected chi connectivity index (χ4v) is 8.22. The molecular weight excluding hydrogens is 931 g/mol. The summed E-state index contributed by atoms with van der Waals surface area (Å²) in [6.07, 6.45) is 0.262. The fourth-order valence-electron chi connectivity index (χ4n) is 7.73. The highest BCUT2D eigenvalue weighted by atomic mass is 35.5. The molecule has 6 aromatic rings. The normalized spacial score (nSPS) is 12.3. The largest absolute Gasteiger partial charge is 0.492 e. The van der Waals surface area contributed by atoms with E-state index in [4.69, 9.17) is 62.1 Å². The molecule has 15 nitrogen and oxygen atoms in total. The van der Waals surface area contributed by atoms with Gasteiger partial charge in [0.2, 0.25) is 0 Å². The van der Waals surface area contributed by atoms with Gasteiger partial charge < -0.3 is 38.9 Å². The van der Waals surface area contributed by atoms with Crippen LogP contribution in [-0.2, 0) is 36.6 Å². The van der Waals surface area contributed by atoms with Crippen LogP contribution in [0.3, 0.4) is 0 Å². The van der Waals surface area contributed by atoms with Gasteiger partial charge in [-0.3, -0.25) is 19.2 Å². The SMILES string of the molecule is CCOC(=O)Cc1ccc(N)c(Cl)c1.CCOC(=O)Cc1ccc(N2C(=O)c3c(c(OCC)c4ccccc4c3OCC)C2=O)c(Cl)c1.CCOc1c2c(c(OCC)c3ccccc13)C(=O)OC2=O. The molecule has 0 saturated carbocycles. The molecule has 2 N–H and O–H groups in total. The van der Waals surface area contributed by atoms with Crippen LogP contribution < -0.4 is 29.6 Å². The third-order valence-corrected chi connectivity index (χ3v) is 11.1. The number of benzene rings is 6. The number of nitrogens with two attached hydrogens (primary N) is 1. The highest BCUT2D eigenvalue weighted by Gasteiger charge is 2.44. The molecule has 2 heterocycles. The van der Waals surface area contributed by atoms with E-state index >= 15 is 0 Å². The molecule has 8 rings (SSSR count). The lowest BCUT2D eigenvalue weighted by Crippen LogP contribution is -2.29. The van der Waals surface area contributed by atoms with Gasteiger partial charge in [-0.05, 0) is 76.9 Å². The Morgan fingerprint density at radius 2 is 0.870 bits per heavy atom. The maximum Gasteiger partial charge on any atom is 0.350 e. The zero-order valence-electron chi connectivity index (χ0n) is 38.8. The molecule has 0 bridgehead atoms. The number of cyclic esters (lactones) is 2. The summed E-state index contributed by atoms with van der Waals surface area (Å²) in [6.45, 7) is 12.8. The van der Waals surface area contributed by atoms with Crippen molar-refractivity contribution in [3.8, 4) is 23.0 Å². The highest BCUT2D eigenvalue weighted by molar-refractivity contribution is 6.42. The minimum absolute atomic E-state index is 0.0321. The Hall–Kier alpha value is -7.36. The van der Waals surface area contributed by atoms with Crippen molar-refractivity contribution < 1.29 is 61.9 Å². The third-order valence-electron chi connectivity index (χ3n) is 10.4. The summed E-state index contributed by atoms with van der Waals surface area (Å²) in [5, 5.41) is 3.46. The van der Waals surface area contributed by atoms with E-state index in [2.05, 4.69) is 0 Å². The Kier molecular flexibility index (Phi) is 17.1. The molecule has 360 valence electrons. The van der Waals surface area contributed by atoms with Crippen LogP contribution in [0.5, 0.6) is 23.0 Å². The molecule has 0 unspecified atom stereocenters. The van der Waals surface area contributed by atoms with Crippen molar-refractivity contribution in [2.45, 2.75) is 54.4 Å². The van der Waals surface area contributed by atoms with Crippen LogP contribution in [0, 0.1) is 0 Å². The van der Waals surface area contributed by atoms with E-state index in [0.717, 1.165) is 21.2 Å². The Bertz CT molecular complexity index is 2840. The molecule has 0 saturated heterocycles. The Morgan fingerprint density at radius 1 is 0.507 bits per heavy atom. The van der Waals surface area contributed by atoms with Crippen LogP contribution in [0.1, 0.15) is 94.1 Å². The van der Waals surface area contributed by atoms with Gasteiger partial charge in [0.05, 0.1) is 85.0 Å². The summed E-state index contributed by atoms with van der Waals surface area (Å²) in [5.74, 6) is -1.68. The number of hydrogen-bond acceptors (Lipinski definition) is 14. The first kappa shape index (κ1) is 51.0. The Labute approximate surface area is 408 Å².